The van der Waals surface area contributed by atoms with Crippen molar-refractivity contribution in [1.82, 2.24) is 9.55 Å². The topological polar surface area (TPSA) is 76.1 Å². The number of H-pyrrole nitrogens is 1. The molecular formula is C18H19N3O3. The predicted octanol–water partition coefficient (Wildman–Crippen LogP) is 2.45. The number of carbonyl (C=O) groups is 1. The third-order valence-corrected chi connectivity index (χ3v) is 3.96. The quantitative estimate of drug-likeness (QED) is 0.756. The predicted molar refractivity (Wildman–Crippen MR) is 93.5 cm³/mol. The van der Waals surface area contributed by atoms with Gasteiger partial charge >= 0.3 is 5.69 Å². The van der Waals surface area contributed by atoms with Gasteiger partial charge in [0.1, 0.15) is 5.75 Å². The highest BCUT2D eigenvalue weighted by atomic mass is 16.5. The van der Waals surface area contributed by atoms with E-state index >= 15 is 0 Å². The summed E-state index contributed by atoms with van der Waals surface area (Å²) in [5.74, 6) is 0.710. The van der Waals surface area contributed by atoms with Crippen molar-refractivity contribution in [2.24, 2.45) is 7.05 Å². The van der Waals surface area contributed by atoms with Gasteiger partial charge in [-0.15, -0.1) is 0 Å². The first-order valence-electron chi connectivity index (χ1n) is 7.68. The molecular weight excluding hydrogens is 306 g/mol. The third-order valence-electron chi connectivity index (χ3n) is 3.96. The molecule has 124 valence electrons. The Morgan fingerprint density at radius 2 is 2.08 bits per heavy atom. The van der Waals surface area contributed by atoms with Crippen LogP contribution in [0.3, 0.4) is 0 Å². The lowest BCUT2D eigenvalue weighted by molar-refractivity contribution is -0.116. The van der Waals surface area contributed by atoms with Crippen LogP contribution in [0.2, 0.25) is 0 Å². The Hall–Kier alpha value is -3.02. The minimum Gasteiger partial charge on any atom is -0.497 e. The van der Waals surface area contributed by atoms with Gasteiger partial charge in [-0.2, -0.15) is 0 Å². The van der Waals surface area contributed by atoms with E-state index in [2.05, 4.69) is 10.3 Å². The Bertz CT molecular complexity index is 940. The van der Waals surface area contributed by atoms with Crippen LogP contribution in [-0.4, -0.2) is 22.6 Å². The van der Waals surface area contributed by atoms with E-state index in [0.29, 0.717) is 24.0 Å². The van der Waals surface area contributed by atoms with Crippen molar-refractivity contribution in [3.63, 3.8) is 0 Å². The number of hydrogen-bond donors (Lipinski definition) is 2. The van der Waals surface area contributed by atoms with Crippen LogP contribution in [0.5, 0.6) is 5.75 Å². The fourth-order valence-corrected chi connectivity index (χ4v) is 2.62. The van der Waals surface area contributed by atoms with E-state index < -0.39 is 0 Å². The molecule has 0 bridgehead atoms. The first-order valence-corrected chi connectivity index (χ1v) is 7.68. The van der Waals surface area contributed by atoms with Crippen molar-refractivity contribution in [1.29, 1.82) is 0 Å². The van der Waals surface area contributed by atoms with Crippen LogP contribution in [0.1, 0.15) is 12.0 Å². The number of ether oxygens (including phenoxy) is 1. The van der Waals surface area contributed by atoms with Crippen LogP contribution in [-0.2, 0) is 18.3 Å². The summed E-state index contributed by atoms with van der Waals surface area (Å²) < 4.78 is 6.71. The second-order valence-corrected chi connectivity index (χ2v) is 5.62. The molecule has 0 atom stereocenters. The van der Waals surface area contributed by atoms with E-state index in [1.54, 1.807) is 26.3 Å². The van der Waals surface area contributed by atoms with Crippen molar-refractivity contribution < 1.29 is 9.53 Å². The first kappa shape index (κ1) is 15.9. The van der Waals surface area contributed by atoms with E-state index in [9.17, 15) is 9.59 Å². The number of hydrogen-bond acceptors (Lipinski definition) is 3. The summed E-state index contributed by atoms with van der Waals surface area (Å²) >= 11 is 0. The number of carbonyl (C=O) groups excluding carboxylic acids is 1. The Morgan fingerprint density at radius 3 is 2.88 bits per heavy atom. The minimum absolute atomic E-state index is 0.0737. The summed E-state index contributed by atoms with van der Waals surface area (Å²) in [5, 5.41) is 2.86. The number of aryl methyl sites for hydroxylation is 2. The summed E-state index contributed by atoms with van der Waals surface area (Å²) in [7, 11) is 3.32. The highest BCUT2D eigenvalue weighted by Crippen LogP contribution is 2.17. The Balaban J connectivity index is 1.65. The molecule has 24 heavy (non-hydrogen) atoms. The molecule has 2 aromatic carbocycles. The summed E-state index contributed by atoms with van der Waals surface area (Å²) in [6, 6.07) is 13.0. The average Bonchev–Trinajstić information content (AvgIpc) is 2.87. The normalized spacial score (nSPS) is 10.8. The number of benzene rings is 2. The van der Waals surface area contributed by atoms with Gasteiger partial charge in [-0.25, -0.2) is 4.79 Å². The Morgan fingerprint density at radius 1 is 1.25 bits per heavy atom. The summed E-state index contributed by atoms with van der Waals surface area (Å²) in [4.78, 5) is 26.5. The molecule has 3 aromatic rings. The maximum atomic E-state index is 12.1. The van der Waals surface area contributed by atoms with E-state index in [-0.39, 0.29) is 11.6 Å². The van der Waals surface area contributed by atoms with E-state index in [0.717, 1.165) is 16.8 Å². The molecule has 0 saturated heterocycles. The number of aromatic nitrogens is 2. The number of aromatic amines is 1. The molecule has 0 fully saturated rings. The SMILES string of the molecule is COc1cccc(CCC(=O)Nc2ccc3c(c2)[nH]c(=O)n3C)c1. The van der Waals surface area contributed by atoms with Gasteiger partial charge in [0.25, 0.3) is 0 Å². The van der Waals surface area contributed by atoms with Gasteiger partial charge in [0.2, 0.25) is 5.91 Å². The molecule has 0 saturated carbocycles. The van der Waals surface area contributed by atoms with Crippen LogP contribution in [0.15, 0.2) is 47.3 Å². The lowest BCUT2D eigenvalue weighted by Gasteiger charge is -2.07. The van der Waals surface area contributed by atoms with Gasteiger partial charge in [-0.3, -0.25) is 9.36 Å². The van der Waals surface area contributed by atoms with Crippen molar-refractivity contribution in [3.05, 3.63) is 58.5 Å². The molecule has 0 aliphatic heterocycles. The number of anilines is 1. The highest BCUT2D eigenvalue weighted by Gasteiger charge is 2.07. The van der Waals surface area contributed by atoms with Gasteiger partial charge in [0.15, 0.2) is 0 Å². The number of methoxy groups -OCH3 is 1. The van der Waals surface area contributed by atoms with Crippen LogP contribution in [0, 0.1) is 0 Å². The van der Waals surface area contributed by atoms with E-state index in [1.807, 2.05) is 30.3 Å². The number of amides is 1. The maximum absolute atomic E-state index is 12.1. The number of nitrogens with zero attached hydrogens (tertiary/aromatic N) is 1. The largest absolute Gasteiger partial charge is 0.497 e. The summed E-state index contributed by atoms with van der Waals surface area (Å²) in [5.41, 5.74) is 3.04. The lowest BCUT2D eigenvalue weighted by atomic mass is 10.1. The lowest BCUT2D eigenvalue weighted by Crippen LogP contribution is -2.12. The van der Waals surface area contributed by atoms with Crippen LogP contribution >= 0.6 is 0 Å². The molecule has 1 amide bonds. The molecule has 0 aliphatic rings. The van der Waals surface area contributed by atoms with Gasteiger partial charge < -0.3 is 15.0 Å². The monoisotopic (exact) mass is 325 g/mol. The fraction of sp³-hybridized carbons (Fsp3) is 0.222. The third kappa shape index (κ3) is 3.32. The fourth-order valence-electron chi connectivity index (χ4n) is 2.62. The summed E-state index contributed by atoms with van der Waals surface area (Å²) in [6.07, 6.45) is 1.00. The zero-order chi connectivity index (χ0) is 17.1. The number of rotatable bonds is 5. The maximum Gasteiger partial charge on any atom is 0.326 e. The van der Waals surface area contributed by atoms with Crippen LogP contribution in [0.25, 0.3) is 11.0 Å². The zero-order valence-electron chi connectivity index (χ0n) is 13.6. The van der Waals surface area contributed by atoms with Crippen molar-refractivity contribution in [3.8, 4) is 5.75 Å². The first-order chi connectivity index (χ1) is 11.6. The number of imidazole rings is 1. The van der Waals surface area contributed by atoms with E-state index in [4.69, 9.17) is 4.74 Å². The van der Waals surface area contributed by atoms with Gasteiger partial charge in [0.05, 0.1) is 18.1 Å². The molecule has 3 rings (SSSR count). The number of nitrogens with one attached hydrogen (secondary N) is 2. The standard InChI is InChI=1S/C18H19N3O3/c1-21-16-8-7-13(11-15(16)20-18(21)23)19-17(22)9-6-12-4-3-5-14(10-12)24-2/h3-5,7-8,10-11H,6,9H2,1-2H3,(H,19,22)(H,20,23). The molecule has 0 radical (unpaired) electrons. The Kier molecular flexibility index (Phi) is 4.37. The average molecular weight is 325 g/mol. The molecule has 0 spiro atoms. The molecule has 0 unspecified atom stereocenters. The zero-order valence-corrected chi connectivity index (χ0v) is 13.6. The van der Waals surface area contributed by atoms with Crippen molar-refractivity contribution >= 4 is 22.6 Å². The second kappa shape index (κ2) is 6.62. The van der Waals surface area contributed by atoms with Gasteiger partial charge in [0, 0.05) is 19.2 Å². The molecule has 6 heteroatoms. The van der Waals surface area contributed by atoms with Crippen molar-refractivity contribution in [2.75, 3.05) is 12.4 Å². The highest BCUT2D eigenvalue weighted by molar-refractivity contribution is 5.93. The van der Waals surface area contributed by atoms with Crippen LogP contribution in [0.4, 0.5) is 5.69 Å². The Labute approximate surface area is 139 Å². The summed E-state index contributed by atoms with van der Waals surface area (Å²) in [6.45, 7) is 0. The second-order valence-electron chi connectivity index (χ2n) is 5.62. The molecule has 6 nitrogen and oxygen atoms in total. The molecule has 1 heterocycles. The minimum atomic E-state index is -0.175. The van der Waals surface area contributed by atoms with Crippen molar-refractivity contribution in [2.45, 2.75) is 12.8 Å². The number of fused-ring (bicyclic) bond motifs is 1. The van der Waals surface area contributed by atoms with E-state index in [1.165, 1.54) is 4.57 Å². The molecule has 0 aliphatic carbocycles. The van der Waals surface area contributed by atoms with Gasteiger partial charge in [-0.05, 0) is 42.3 Å². The smallest absolute Gasteiger partial charge is 0.326 e. The van der Waals surface area contributed by atoms with Crippen LogP contribution < -0.4 is 15.7 Å². The molecule has 1 aromatic heterocycles. The van der Waals surface area contributed by atoms with Gasteiger partial charge in [-0.1, -0.05) is 12.1 Å². The molecule has 2 N–H and O–H groups in total.